The third-order valence-electron chi connectivity index (χ3n) is 4.75. The zero-order chi connectivity index (χ0) is 22.0. The lowest BCUT2D eigenvalue weighted by Gasteiger charge is -2.22. The number of anilines is 1. The van der Waals surface area contributed by atoms with E-state index in [1.54, 1.807) is 48.5 Å². The molecule has 4 rings (SSSR count). The number of benzene rings is 2. The molecule has 4 atom stereocenters. The number of halogens is 2. The summed E-state index contributed by atoms with van der Waals surface area (Å²) in [6, 6.07) is 15.0. The van der Waals surface area contributed by atoms with Crippen molar-refractivity contribution in [3.63, 3.8) is 0 Å². The average molecular weight is 464 g/mol. The van der Waals surface area contributed by atoms with Gasteiger partial charge in [-0.15, -0.1) is 0 Å². The van der Waals surface area contributed by atoms with Crippen LogP contribution in [-0.4, -0.2) is 39.6 Å². The Balaban J connectivity index is 1.57. The fourth-order valence-corrected chi connectivity index (χ4v) is 3.48. The number of ether oxygens (including phenoxy) is 3. The fraction of sp³-hybridized carbons (Fsp3) is 0.238. The summed E-state index contributed by atoms with van der Waals surface area (Å²) in [6.45, 7) is 0.0601. The number of aliphatic hydroxyl groups excluding tert-OH is 1. The van der Waals surface area contributed by atoms with E-state index in [-0.39, 0.29) is 12.4 Å². The van der Waals surface area contributed by atoms with Gasteiger partial charge < -0.3 is 25.1 Å². The van der Waals surface area contributed by atoms with Gasteiger partial charge in [-0.1, -0.05) is 23.2 Å². The van der Waals surface area contributed by atoms with Gasteiger partial charge in [0.15, 0.2) is 12.3 Å². The first-order valence-electron chi connectivity index (χ1n) is 9.39. The smallest absolute Gasteiger partial charge is 0.351 e. The standard InChI is InChI=1S/C21H19Cl2N3O5/c22-12-1-5-14(6-2-12)29-11-16-19(30-15-7-3-13(23)4-8-15)18(27)20(31-16)26-10-9-17(24)25-21(26)28/h1-10,16,18-20,27H,11H2,(H2,24,25,28). The van der Waals surface area contributed by atoms with Crippen molar-refractivity contribution in [3.05, 3.63) is 81.3 Å². The van der Waals surface area contributed by atoms with Crippen LogP contribution in [0.3, 0.4) is 0 Å². The van der Waals surface area contributed by atoms with E-state index in [2.05, 4.69) is 4.98 Å². The molecule has 1 fully saturated rings. The lowest BCUT2D eigenvalue weighted by atomic mass is 10.1. The second-order valence-electron chi connectivity index (χ2n) is 6.90. The first-order chi connectivity index (χ1) is 14.9. The Morgan fingerprint density at radius 1 is 1.03 bits per heavy atom. The molecule has 1 aliphatic heterocycles. The summed E-state index contributed by atoms with van der Waals surface area (Å²) in [6.07, 6.45) is -2.33. The topological polar surface area (TPSA) is 109 Å². The van der Waals surface area contributed by atoms with Crippen LogP contribution in [0, 0.1) is 0 Å². The van der Waals surface area contributed by atoms with Crippen molar-refractivity contribution < 1.29 is 19.3 Å². The van der Waals surface area contributed by atoms with Gasteiger partial charge >= 0.3 is 5.69 Å². The number of hydrogen-bond donors (Lipinski definition) is 2. The van der Waals surface area contributed by atoms with Crippen molar-refractivity contribution in [1.82, 2.24) is 9.55 Å². The highest BCUT2D eigenvalue weighted by atomic mass is 35.5. The molecule has 1 saturated heterocycles. The highest BCUT2D eigenvalue weighted by Crippen LogP contribution is 2.32. The molecule has 0 aliphatic carbocycles. The van der Waals surface area contributed by atoms with Crippen LogP contribution in [0.2, 0.25) is 10.0 Å². The molecule has 0 amide bonds. The molecule has 1 aliphatic rings. The molecule has 1 aromatic heterocycles. The summed E-state index contributed by atoms with van der Waals surface area (Å²) in [5.41, 5.74) is 4.92. The Bertz CT molecular complexity index is 1090. The molecular weight excluding hydrogens is 445 g/mol. The van der Waals surface area contributed by atoms with Crippen molar-refractivity contribution in [3.8, 4) is 11.5 Å². The molecule has 0 radical (unpaired) electrons. The van der Waals surface area contributed by atoms with Gasteiger partial charge in [0.25, 0.3) is 0 Å². The number of rotatable bonds is 6. The van der Waals surface area contributed by atoms with E-state index in [0.717, 1.165) is 0 Å². The van der Waals surface area contributed by atoms with Gasteiger partial charge in [0.1, 0.15) is 36.1 Å². The zero-order valence-corrected chi connectivity index (χ0v) is 17.6. The maximum atomic E-state index is 12.3. The Kier molecular flexibility index (Phi) is 6.33. The van der Waals surface area contributed by atoms with E-state index < -0.39 is 30.2 Å². The molecule has 8 nitrogen and oxygen atoms in total. The van der Waals surface area contributed by atoms with Gasteiger partial charge in [-0.3, -0.25) is 4.57 Å². The Morgan fingerprint density at radius 2 is 1.65 bits per heavy atom. The number of nitrogens with two attached hydrogens (primary N) is 1. The van der Waals surface area contributed by atoms with Gasteiger partial charge in [-0.05, 0) is 54.6 Å². The Hall–Kier alpha value is -2.78. The van der Waals surface area contributed by atoms with E-state index in [0.29, 0.717) is 21.5 Å². The third kappa shape index (κ3) is 4.94. The largest absolute Gasteiger partial charge is 0.491 e. The van der Waals surface area contributed by atoms with Crippen molar-refractivity contribution in [2.75, 3.05) is 12.3 Å². The maximum absolute atomic E-state index is 12.3. The minimum absolute atomic E-state index is 0.0601. The fourth-order valence-electron chi connectivity index (χ4n) is 3.23. The van der Waals surface area contributed by atoms with Crippen molar-refractivity contribution >= 4 is 29.0 Å². The quantitative estimate of drug-likeness (QED) is 0.578. The van der Waals surface area contributed by atoms with Crippen LogP contribution in [-0.2, 0) is 4.74 Å². The van der Waals surface area contributed by atoms with E-state index in [1.807, 2.05) is 0 Å². The molecular formula is C21H19Cl2N3O5. The maximum Gasteiger partial charge on any atom is 0.351 e. The molecule has 4 unspecified atom stereocenters. The van der Waals surface area contributed by atoms with Crippen LogP contribution in [0.4, 0.5) is 5.82 Å². The van der Waals surface area contributed by atoms with E-state index >= 15 is 0 Å². The molecule has 3 aromatic rings. The van der Waals surface area contributed by atoms with Crippen LogP contribution in [0.5, 0.6) is 11.5 Å². The summed E-state index contributed by atoms with van der Waals surface area (Å²) < 4.78 is 18.9. The zero-order valence-electron chi connectivity index (χ0n) is 16.1. The van der Waals surface area contributed by atoms with E-state index in [1.165, 1.54) is 16.8 Å². The highest BCUT2D eigenvalue weighted by molar-refractivity contribution is 6.30. The van der Waals surface area contributed by atoms with Gasteiger partial charge in [-0.2, -0.15) is 4.98 Å². The summed E-state index contributed by atoms with van der Waals surface area (Å²) in [7, 11) is 0. The number of nitrogen functional groups attached to an aromatic ring is 1. The molecule has 3 N–H and O–H groups in total. The van der Waals surface area contributed by atoms with Gasteiger partial charge in [0.05, 0.1) is 0 Å². The Labute approximate surface area is 187 Å². The molecule has 10 heteroatoms. The first-order valence-corrected chi connectivity index (χ1v) is 10.1. The minimum Gasteiger partial charge on any atom is -0.491 e. The monoisotopic (exact) mass is 463 g/mol. The third-order valence-corrected chi connectivity index (χ3v) is 5.25. The van der Waals surface area contributed by atoms with Crippen LogP contribution in [0.1, 0.15) is 6.23 Å². The molecule has 0 spiro atoms. The molecule has 31 heavy (non-hydrogen) atoms. The molecule has 0 saturated carbocycles. The predicted molar refractivity (Wildman–Crippen MR) is 116 cm³/mol. The van der Waals surface area contributed by atoms with Gasteiger partial charge in [-0.25, -0.2) is 4.79 Å². The summed E-state index contributed by atoms with van der Waals surface area (Å²) in [4.78, 5) is 16.0. The lowest BCUT2D eigenvalue weighted by molar-refractivity contribution is -0.0511. The van der Waals surface area contributed by atoms with Crippen LogP contribution in [0.15, 0.2) is 65.6 Å². The summed E-state index contributed by atoms with van der Waals surface area (Å²) in [5.74, 6) is 1.13. The molecule has 2 heterocycles. The molecule has 2 aromatic carbocycles. The van der Waals surface area contributed by atoms with E-state index in [9.17, 15) is 9.90 Å². The second kappa shape index (κ2) is 9.15. The van der Waals surface area contributed by atoms with Crippen molar-refractivity contribution in [2.24, 2.45) is 0 Å². The number of aliphatic hydroxyl groups is 1. The second-order valence-corrected chi connectivity index (χ2v) is 7.77. The van der Waals surface area contributed by atoms with Crippen molar-refractivity contribution in [1.29, 1.82) is 0 Å². The van der Waals surface area contributed by atoms with Gasteiger partial charge in [0, 0.05) is 16.2 Å². The molecule has 0 bridgehead atoms. The first kappa shape index (κ1) is 21.5. The number of hydrogen-bond acceptors (Lipinski definition) is 7. The average Bonchev–Trinajstić information content (AvgIpc) is 3.05. The normalized spacial score (nSPS) is 22.9. The Morgan fingerprint density at radius 3 is 2.26 bits per heavy atom. The van der Waals surface area contributed by atoms with Crippen molar-refractivity contribution in [2.45, 2.75) is 24.5 Å². The van der Waals surface area contributed by atoms with Crippen LogP contribution < -0.4 is 20.9 Å². The summed E-state index contributed by atoms with van der Waals surface area (Å²) in [5, 5.41) is 12.1. The lowest BCUT2D eigenvalue weighted by Crippen LogP contribution is -2.40. The molecule has 162 valence electrons. The SMILES string of the molecule is Nc1ccn(C2OC(COc3ccc(Cl)cc3)C(Oc3ccc(Cl)cc3)C2O)c(=O)n1. The van der Waals surface area contributed by atoms with Gasteiger partial charge in [0.2, 0.25) is 0 Å². The predicted octanol–water partition coefficient (Wildman–Crippen LogP) is 2.92. The highest BCUT2D eigenvalue weighted by Gasteiger charge is 2.47. The summed E-state index contributed by atoms with van der Waals surface area (Å²) >= 11 is 11.8. The van der Waals surface area contributed by atoms with Crippen LogP contribution >= 0.6 is 23.2 Å². The van der Waals surface area contributed by atoms with E-state index in [4.69, 9.17) is 43.1 Å². The minimum atomic E-state index is -1.18. The number of nitrogens with zero attached hydrogens (tertiary/aromatic N) is 2. The van der Waals surface area contributed by atoms with Crippen LogP contribution in [0.25, 0.3) is 0 Å². The number of aromatic nitrogens is 2.